The zero-order valence-corrected chi connectivity index (χ0v) is 15.5. The summed E-state index contributed by atoms with van der Waals surface area (Å²) in [5.41, 5.74) is 2.73. The summed E-state index contributed by atoms with van der Waals surface area (Å²) in [5, 5.41) is 4.87. The molecule has 0 spiro atoms. The number of aromatic amines is 1. The molecule has 2 N–H and O–H groups in total. The van der Waals surface area contributed by atoms with Crippen molar-refractivity contribution in [2.75, 3.05) is 39.4 Å². The van der Waals surface area contributed by atoms with E-state index in [1.807, 2.05) is 0 Å². The fourth-order valence-corrected chi connectivity index (χ4v) is 4.08. The van der Waals surface area contributed by atoms with Gasteiger partial charge in [0.05, 0.1) is 0 Å². The summed E-state index contributed by atoms with van der Waals surface area (Å²) in [4.78, 5) is 6.16. The Labute approximate surface area is 156 Å². The second-order valence-electron chi connectivity index (χ2n) is 6.47. The number of benzene rings is 1. The molecule has 4 nitrogen and oxygen atoms in total. The number of fused-ring (bicyclic) bond motifs is 1. The minimum atomic E-state index is 0. The third-order valence-corrected chi connectivity index (χ3v) is 5.20. The van der Waals surface area contributed by atoms with Gasteiger partial charge in [-0.25, -0.2) is 0 Å². The smallest absolute Gasteiger partial charge is 0.0469 e. The van der Waals surface area contributed by atoms with E-state index in [1.165, 1.54) is 29.3 Å². The molecule has 3 heterocycles. The second kappa shape index (κ2) is 9.07. The quantitative estimate of drug-likeness (QED) is 0.868. The summed E-state index contributed by atoms with van der Waals surface area (Å²) < 4.78 is 5.60. The Morgan fingerprint density at radius 3 is 2.50 bits per heavy atom. The summed E-state index contributed by atoms with van der Waals surface area (Å²) in [6, 6.07) is 9.21. The Bertz CT molecular complexity index is 604. The highest BCUT2D eigenvalue weighted by atomic mass is 35.5. The first-order valence-electron chi connectivity index (χ1n) is 8.52. The minimum Gasteiger partial charge on any atom is -0.381 e. The van der Waals surface area contributed by atoms with Gasteiger partial charge in [-0.3, -0.25) is 4.90 Å². The molecule has 0 unspecified atom stereocenters. The van der Waals surface area contributed by atoms with Crippen LogP contribution in [-0.4, -0.2) is 49.3 Å². The van der Waals surface area contributed by atoms with Crippen molar-refractivity contribution in [3.8, 4) is 0 Å². The molecule has 0 aliphatic carbocycles. The van der Waals surface area contributed by atoms with E-state index in [0.29, 0.717) is 12.0 Å². The van der Waals surface area contributed by atoms with E-state index < -0.39 is 0 Å². The molecule has 1 aromatic carbocycles. The highest BCUT2D eigenvalue weighted by Gasteiger charge is 2.32. The molecule has 2 fully saturated rings. The van der Waals surface area contributed by atoms with Gasteiger partial charge in [-0.15, -0.1) is 24.8 Å². The van der Waals surface area contributed by atoms with Gasteiger partial charge in [-0.05, 0) is 30.4 Å². The van der Waals surface area contributed by atoms with Crippen molar-refractivity contribution in [3.05, 3.63) is 36.0 Å². The molecular weight excluding hydrogens is 345 g/mol. The Balaban J connectivity index is 0.00000104. The lowest BCUT2D eigenvalue weighted by molar-refractivity contribution is 0.0217. The normalized spacial score (nSPS) is 21.0. The summed E-state index contributed by atoms with van der Waals surface area (Å²) in [5.74, 6) is 0.700. The van der Waals surface area contributed by atoms with E-state index in [4.69, 9.17) is 4.74 Å². The van der Waals surface area contributed by atoms with Crippen LogP contribution in [0.3, 0.4) is 0 Å². The van der Waals surface area contributed by atoms with Gasteiger partial charge in [0, 0.05) is 62.5 Å². The summed E-state index contributed by atoms with van der Waals surface area (Å²) in [6.45, 7) is 6.30. The highest BCUT2D eigenvalue weighted by Crippen LogP contribution is 2.38. The van der Waals surface area contributed by atoms with Crippen LogP contribution >= 0.6 is 24.8 Å². The van der Waals surface area contributed by atoms with Crippen LogP contribution in [0.25, 0.3) is 10.9 Å². The lowest BCUT2D eigenvalue weighted by Crippen LogP contribution is -2.47. The predicted molar refractivity (Wildman–Crippen MR) is 104 cm³/mol. The van der Waals surface area contributed by atoms with E-state index >= 15 is 0 Å². The molecule has 2 aliphatic rings. The van der Waals surface area contributed by atoms with E-state index in [1.54, 1.807) is 0 Å². The molecule has 4 rings (SSSR count). The number of rotatable bonds is 3. The molecular formula is C18H27Cl2N3O. The average molecular weight is 372 g/mol. The first kappa shape index (κ1) is 19.5. The molecule has 2 aromatic rings. The zero-order valence-electron chi connectivity index (χ0n) is 13.9. The number of nitrogens with one attached hydrogen (secondary N) is 2. The van der Waals surface area contributed by atoms with Crippen molar-refractivity contribution in [2.45, 2.75) is 18.9 Å². The van der Waals surface area contributed by atoms with Crippen molar-refractivity contribution in [2.24, 2.45) is 5.92 Å². The monoisotopic (exact) mass is 371 g/mol. The lowest BCUT2D eigenvalue weighted by atomic mass is 9.85. The molecule has 24 heavy (non-hydrogen) atoms. The summed E-state index contributed by atoms with van der Waals surface area (Å²) >= 11 is 0. The van der Waals surface area contributed by atoms with Crippen molar-refractivity contribution in [3.63, 3.8) is 0 Å². The topological polar surface area (TPSA) is 40.3 Å². The Hall–Kier alpha value is -0.780. The van der Waals surface area contributed by atoms with Crippen LogP contribution in [0.4, 0.5) is 0 Å². The molecule has 0 bridgehead atoms. The van der Waals surface area contributed by atoms with Crippen LogP contribution in [0.15, 0.2) is 30.5 Å². The standard InChI is InChI=1S/C18H25N3O.2ClH/c1-2-4-17-15(3-1)16(13-20-17)18(14-5-11-22-12-6-14)21-9-7-19-8-10-21;;/h1-4,13-14,18-20H,5-12H2;2*1H/t18-;;/m1../s1. The van der Waals surface area contributed by atoms with E-state index in [2.05, 4.69) is 45.7 Å². The fourth-order valence-electron chi connectivity index (χ4n) is 4.08. The SMILES string of the molecule is Cl.Cl.c1ccc2c([C@@H](C3CCOCC3)N3CCNCC3)c[nH]c2c1. The maximum atomic E-state index is 5.60. The number of nitrogens with zero attached hydrogens (tertiary/aromatic N) is 1. The van der Waals surface area contributed by atoms with E-state index in [-0.39, 0.29) is 24.8 Å². The number of halogens is 2. The largest absolute Gasteiger partial charge is 0.381 e. The third-order valence-electron chi connectivity index (χ3n) is 5.20. The van der Waals surface area contributed by atoms with Crippen molar-refractivity contribution in [1.29, 1.82) is 0 Å². The predicted octanol–water partition coefficient (Wildman–Crippen LogP) is 3.38. The minimum absolute atomic E-state index is 0. The van der Waals surface area contributed by atoms with Crippen molar-refractivity contribution >= 4 is 35.7 Å². The van der Waals surface area contributed by atoms with Crippen LogP contribution in [-0.2, 0) is 4.74 Å². The molecule has 1 atom stereocenters. The average Bonchev–Trinajstić information content (AvgIpc) is 3.01. The van der Waals surface area contributed by atoms with Crippen LogP contribution in [0.2, 0.25) is 0 Å². The van der Waals surface area contributed by atoms with Gasteiger partial charge < -0.3 is 15.0 Å². The number of piperazine rings is 1. The first-order valence-corrected chi connectivity index (χ1v) is 8.52. The number of para-hydroxylation sites is 1. The maximum absolute atomic E-state index is 5.60. The van der Waals surface area contributed by atoms with E-state index in [0.717, 1.165) is 39.4 Å². The van der Waals surface area contributed by atoms with Gasteiger partial charge in [0.1, 0.15) is 0 Å². The third kappa shape index (κ3) is 3.89. The number of hydrogen-bond acceptors (Lipinski definition) is 3. The van der Waals surface area contributed by atoms with Gasteiger partial charge in [0.15, 0.2) is 0 Å². The molecule has 6 heteroatoms. The Kier molecular flexibility index (Phi) is 7.38. The Morgan fingerprint density at radius 2 is 1.75 bits per heavy atom. The number of hydrogen-bond donors (Lipinski definition) is 2. The second-order valence-corrected chi connectivity index (χ2v) is 6.47. The van der Waals surface area contributed by atoms with Crippen LogP contribution in [0.1, 0.15) is 24.4 Å². The first-order chi connectivity index (χ1) is 10.9. The van der Waals surface area contributed by atoms with Crippen LogP contribution in [0, 0.1) is 5.92 Å². The lowest BCUT2D eigenvalue weighted by Gasteiger charge is -2.40. The number of H-pyrrole nitrogens is 1. The van der Waals surface area contributed by atoms with Gasteiger partial charge in [0.2, 0.25) is 0 Å². The van der Waals surface area contributed by atoms with Crippen molar-refractivity contribution < 1.29 is 4.74 Å². The van der Waals surface area contributed by atoms with Crippen LogP contribution < -0.4 is 5.32 Å². The maximum Gasteiger partial charge on any atom is 0.0469 e. The van der Waals surface area contributed by atoms with Gasteiger partial charge in [-0.2, -0.15) is 0 Å². The molecule has 2 saturated heterocycles. The van der Waals surface area contributed by atoms with Crippen molar-refractivity contribution in [1.82, 2.24) is 15.2 Å². The highest BCUT2D eigenvalue weighted by molar-refractivity contribution is 5.85. The molecule has 0 amide bonds. The van der Waals surface area contributed by atoms with Crippen LogP contribution in [0.5, 0.6) is 0 Å². The number of aromatic nitrogens is 1. The summed E-state index contributed by atoms with van der Waals surface area (Å²) in [7, 11) is 0. The molecule has 134 valence electrons. The Morgan fingerprint density at radius 1 is 1.04 bits per heavy atom. The summed E-state index contributed by atoms with van der Waals surface area (Å²) in [6.07, 6.45) is 4.59. The zero-order chi connectivity index (χ0) is 14.8. The van der Waals surface area contributed by atoms with Gasteiger partial charge in [0.25, 0.3) is 0 Å². The molecule has 1 aromatic heterocycles. The fraction of sp³-hybridized carbons (Fsp3) is 0.556. The molecule has 2 aliphatic heterocycles. The molecule has 0 saturated carbocycles. The number of ether oxygens (including phenoxy) is 1. The van der Waals surface area contributed by atoms with Gasteiger partial charge in [-0.1, -0.05) is 18.2 Å². The van der Waals surface area contributed by atoms with E-state index in [9.17, 15) is 0 Å². The molecule has 0 radical (unpaired) electrons. The van der Waals surface area contributed by atoms with Gasteiger partial charge >= 0.3 is 0 Å².